The summed E-state index contributed by atoms with van der Waals surface area (Å²) >= 11 is 0. The average Bonchev–Trinajstić information content (AvgIpc) is 3.08. The van der Waals surface area contributed by atoms with Crippen molar-refractivity contribution in [2.24, 2.45) is 0 Å². The van der Waals surface area contributed by atoms with E-state index in [1.165, 1.54) is 35.3 Å². The van der Waals surface area contributed by atoms with E-state index in [9.17, 15) is 27.7 Å². The zero-order chi connectivity index (χ0) is 20.7. The van der Waals surface area contributed by atoms with Crippen molar-refractivity contribution in [3.8, 4) is 0 Å². The van der Waals surface area contributed by atoms with Crippen molar-refractivity contribution in [2.45, 2.75) is 50.0 Å². The Morgan fingerprint density at radius 2 is 1.93 bits per heavy atom. The lowest BCUT2D eigenvalue weighted by molar-refractivity contribution is -0.141. The number of nitrogens with one attached hydrogen (secondary N) is 1. The number of hydrogen-bond acceptors (Lipinski definition) is 5. The molecule has 0 saturated heterocycles. The number of carboxylic acids is 1. The van der Waals surface area contributed by atoms with Crippen LogP contribution in [-0.4, -0.2) is 39.5 Å². The van der Waals surface area contributed by atoms with Gasteiger partial charge < -0.3 is 15.0 Å². The molecule has 3 N–H and O–H groups in total. The highest BCUT2D eigenvalue weighted by atomic mass is 32.2. The van der Waals surface area contributed by atoms with E-state index in [1.54, 1.807) is 0 Å². The summed E-state index contributed by atoms with van der Waals surface area (Å²) in [5, 5.41) is 11.9. The fourth-order valence-electron chi connectivity index (χ4n) is 2.80. The number of carbonyl (C=O) groups excluding carboxylic acids is 1. The topological polar surface area (TPSA) is 139 Å². The Kier molecular flexibility index (Phi) is 7.30. The van der Waals surface area contributed by atoms with Gasteiger partial charge in [-0.1, -0.05) is 44.7 Å². The average molecular weight is 409 g/mol. The quantitative estimate of drug-likeness (QED) is 0.405. The maximum atomic E-state index is 12.4. The zero-order valence-electron chi connectivity index (χ0n) is 15.4. The van der Waals surface area contributed by atoms with Crippen LogP contribution in [0.3, 0.4) is 0 Å². The van der Waals surface area contributed by atoms with Crippen molar-refractivity contribution in [1.82, 2.24) is 9.55 Å². The molecule has 1 unspecified atom stereocenters. The number of unbranched alkanes of at least 4 members (excludes halogenated alkanes) is 3. The van der Waals surface area contributed by atoms with Gasteiger partial charge in [0.2, 0.25) is 0 Å². The number of aliphatic carboxylic acids is 1. The molecule has 152 valence electrons. The van der Waals surface area contributed by atoms with Crippen LogP contribution in [0.1, 0.15) is 55.4 Å². The lowest BCUT2D eigenvalue weighted by Crippen LogP contribution is -2.18. The number of carboxylic acid groups (broad SMARTS) is 1. The Balaban J connectivity index is 2.14. The summed E-state index contributed by atoms with van der Waals surface area (Å²) in [4.78, 5) is 27.4. The molecule has 1 aromatic carbocycles. The number of rotatable bonds is 10. The Labute approximate surface area is 163 Å². The van der Waals surface area contributed by atoms with E-state index in [0.29, 0.717) is 6.42 Å². The van der Waals surface area contributed by atoms with Gasteiger partial charge in [-0.05, 0) is 18.6 Å². The van der Waals surface area contributed by atoms with E-state index in [4.69, 9.17) is 0 Å². The number of amides is 1. The lowest BCUT2D eigenvalue weighted by atomic mass is 10.1. The van der Waals surface area contributed by atoms with Gasteiger partial charge in [0.1, 0.15) is 10.9 Å². The van der Waals surface area contributed by atoms with E-state index >= 15 is 0 Å². The number of aromatic nitrogens is 2. The molecule has 0 aliphatic carbocycles. The van der Waals surface area contributed by atoms with E-state index in [0.717, 1.165) is 31.7 Å². The molecule has 1 heterocycles. The Morgan fingerprint density at radius 3 is 2.57 bits per heavy atom. The molecular formula is C18H23N3O6S. The van der Waals surface area contributed by atoms with Crippen LogP contribution >= 0.6 is 0 Å². The minimum Gasteiger partial charge on any atom is -0.480 e. The molecule has 0 aliphatic rings. The van der Waals surface area contributed by atoms with Crippen molar-refractivity contribution < 1.29 is 27.7 Å². The van der Waals surface area contributed by atoms with Gasteiger partial charge in [-0.15, -0.1) is 0 Å². The predicted octanol–water partition coefficient (Wildman–Crippen LogP) is 2.98. The molecule has 0 aliphatic heterocycles. The lowest BCUT2D eigenvalue weighted by Gasteiger charge is -2.13. The van der Waals surface area contributed by atoms with E-state index in [-0.39, 0.29) is 11.4 Å². The normalized spacial score (nSPS) is 12.5. The maximum absolute atomic E-state index is 12.4. The van der Waals surface area contributed by atoms with Crippen molar-refractivity contribution in [3.05, 3.63) is 42.4 Å². The van der Waals surface area contributed by atoms with Crippen LogP contribution in [0.25, 0.3) is 0 Å². The summed E-state index contributed by atoms with van der Waals surface area (Å²) in [7, 11) is -4.57. The second kappa shape index (κ2) is 9.47. The van der Waals surface area contributed by atoms with Gasteiger partial charge in [-0.25, -0.2) is 9.78 Å². The first-order chi connectivity index (χ1) is 13.2. The standard InChI is InChI=1S/C18H23N3O6S/c1-2-3-4-5-9-14(18(23)24)21-11-16(19-12-21)20-17(22)13-8-6-7-10-15(13)28(25,26)27/h6-8,10-12,14H,2-5,9H2,1H3,(H,20,22)(H,23,24)(H,25,26,27). The molecule has 28 heavy (non-hydrogen) atoms. The Morgan fingerprint density at radius 1 is 1.21 bits per heavy atom. The molecular weight excluding hydrogens is 386 g/mol. The van der Waals surface area contributed by atoms with Crippen LogP contribution in [0, 0.1) is 0 Å². The summed E-state index contributed by atoms with van der Waals surface area (Å²) in [5.41, 5.74) is -0.242. The van der Waals surface area contributed by atoms with E-state index in [1.807, 2.05) is 0 Å². The van der Waals surface area contributed by atoms with Crippen LogP contribution in [0.15, 0.2) is 41.7 Å². The van der Waals surface area contributed by atoms with Gasteiger partial charge >= 0.3 is 5.97 Å². The van der Waals surface area contributed by atoms with Crippen LogP contribution in [0.4, 0.5) is 5.82 Å². The molecule has 2 aromatic rings. The molecule has 2 rings (SSSR count). The number of anilines is 1. The molecule has 0 bridgehead atoms. The van der Waals surface area contributed by atoms with Gasteiger partial charge in [0.15, 0.2) is 5.82 Å². The first-order valence-corrected chi connectivity index (χ1v) is 10.3. The molecule has 1 amide bonds. The minimum atomic E-state index is -4.57. The summed E-state index contributed by atoms with van der Waals surface area (Å²) < 4.78 is 33.5. The largest absolute Gasteiger partial charge is 0.480 e. The smallest absolute Gasteiger partial charge is 0.326 e. The highest BCUT2D eigenvalue weighted by Gasteiger charge is 2.22. The van der Waals surface area contributed by atoms with Crippen LogP contribution in [-0.2, 0) is 14.9 Å². The second-order valence-corrected chi connectivity index (χ2v) is 7.72. The number of imidazole rings is 1. The van der Waals surface area contributed by atoms with E-state index in [2.05, 4.69) is 17.2 Å². The number of nitrogens with zero attached hydrogens (tertiary/aromatic N) is 2. The third kappa shape index (κ3) is 5.64. The number of hydrogen-bond donors (Lipinski definition) is 3. The first-order valence-electron chi connectivity index (χ1n) is 8.88. The van der Waals surface area contributed by atoms with Gasteiger partial charge in [-0.3, -0.25) is 9.35 Å². The molecule has 1 atom stereocenters. The molecule has 0 radical (unpaired) electrons. The number of carbonyl (C=O) groups is 2. The summed E-state index contributed by atoms with van der Waals surface area (Å²) in [6, 6.07) is 4.40. The van der Waals surface area contributed by atoms with Crippen molar-refractivity contribution in [2.75, 3.05) is 5.32 Å². The third-order valence-electron chi connectivity index (χ3n) is 4.23. The molecule has 9 nitrogen and oxygen atoms in total. The highest BCUT2D eigenvalue weighted by molar-refractivity contribution is 7.86. The van der Waals surface area contributed by atoms with Gasteiger partial charge in [0.05, 0.1) is 11.9 Å². The first kappa shape index (κ1) is 21.6. The molecule has 10 heteroatoms. The van der Waals surface area contributed by atoms with Crippen LogP contribution in [0.2, 0.25) is 0 Å². The van der Waals surface area contributed by atoms with Gasteiger partial charge in [-0.2, -0.15) is 8.42 Å². The monoisotopic (exact) mass is 409 g/mol. The van der Waals surface area contributed by atoms with E-state index < -0.39 is 32.9 Å². The highest BCUT2D eigenvalue weighted by Crippen LogP contribution is 2.20. The number of benzene rings is 1. The summed E-state index contributed by atoms with van der Waals surface area (Å²) in [5.74, 6) is -1.70. The molecule has 1 aromatic heterocycles. The SMILES string of the molecule is CCCCCCC(C(=O)O)n1cnc(NC(=O)c2ccccc2S(=O)(=O)O)c1. The van der Waals surface area contributed by atoms with Crippen molar-refractivity contribution in [1.29, 1.82) is 0 Å². The van der Waals surface area contributed by atoms with Gasteiger partial charge in [0.25, 0.3) is 16.0 Å². The maximum Gasteiger partial charge on any atom is 0.326 e. The molecule has 0 saturated carbocycles. The van der Waals surface area contributed by atoms with Crippen LogP contribution < -0.4 is 5.32 Å². The predicted molar refractivity (Wildman–Crippen MR) is 102 cm³/mol. The third-order valence-corrected chi connectivity index (χ3v) is 5.14. The fourth-order valence-corrected chi connectivity index (χ4v) is 3.49. The fraction of sp³-hybridized carbons (Fsp3) is 0.389. The Hall–Kier alpha value is -2.72. The van der Waals surface area contributed by atoms with Crippen LogP contribution in [0.5, 0.6) is 0 Å². The van der Waals surface area contributed by atoms with Crippen molar-refractivity contribution in [3.63, 3.8) is 0 Å². The summed E-state index contributed by atoms with van der Waals surface area (Å²) in [6.45, 7) is 2.07. The zero-order valence-corrected chi connectivity index (χ0v) is 16.2. The minimum absolute atomic E-state index is 0.0787. The second-order valence-electron chi connectivity index (χ2n) is 6.33. The van der Waals surface area contributed by atoms with Crippen molar-refractivity contribution >= 4 is 27.8 Å². The Bertz CT molecular complexity index is 938. The summed E-state index contributed by atoms with van der Waals surface area (Å²) in [6.07, 6.45) is 6.90. The molecule has 0 fully saturated rings. The van der Waals surface area contributed by atoms with Gasteiger partial charge in [0, 0.05) is 6.20 Å². The molecule has 0 spiro atoms.